The maximum atomic E-state index is 13.6. The number of hydrogen-bond acceptors (Lipinski definition) is 5. The van der Waals surface area contributed by atoms with Gasteiger partial charge in [0.25, 0.3) is 10.0 Å². The van der Waals surface area contributed by atoms with Gasteiger partial charge in [0.2, 0.25) is 0 Å². The number of nitrogens with zero attached hydrogens (tertiary/aromatic N) is 2. The van der Waals surface area contributed by atoms with Crippen molar-refractivity contribution in [3.8, 4) is 11.1 Å². The van der Waals surface area contributed by atoms with E-state index in [4.69, 9.17) is 9.31 Å². The van der Waals surface area contributed by atoms with Crippen LogP contribution in [-0.4, -0.2) is 35.7 Å². The fourth-order valence-electron chi connectivity index (χ4n) is 4.23. The van der Waals surface area contributed by atoms with Gasteiger partial charge in [-0.1, -0.05) is 42.5 Å². The molecule has 6 nitrogen and oxygen atoms in total. The van der Waals surface area contributed by atoms with Crippen molar-refractivity contribution < 1.29 is 17.7 Å². The minimum atomic E-state index is -3.81. The van der Waals surface area contributed by atoms with Crippen molar-refractivity contribution in [1.82, 2.24) is 8.96 Å². The molecular weight excluding hydrogens is 435 g/mol. The van der Waals surface area contributed by atoms with Crippen LogP contribution >= 0.6 is 0 Å². The number of rotatable bonds is 4. The van der Waals surface area contributed by atoms with Gasteiger partial charge in [-0.2, -0.15) is 0 Å². The molecule has 0 radical (unpaired) electrons. The number of pyridine rings is 1. The lowest BCUT2D eigenvalue weighted by molar-refractivity contribution is 0.00578. The zero-order valence-electron chi connectivity index (χ0n) is 19.3. The smallest absolute Gasteiger partial charge is 0.399 e. The summed E-state index contributed by atoms with van der Waals surface area (Å²) in [5.74, 6) is 0. The summed E-state index contributed by atoms with van der Waals surface area (Å²) >= 11 is 0. The molecule has 2 aromatic heterocycles. The van der Waals surface area contributed by atoms with E-state index in [9.17, 15) is 8.42 Å². The van der Waals surface area contributed by atoms with Crippen LogP contribution in [-0.2, 0) is 19.3 Å². The standard InChI is InChI=1S/C25H27BN2O4S/c1-24(2)25(3,4)32-26(31-24)21-15-16-27-23-22(21)20(18-11-7-5-8-12-18)17-28(23)33(29,30)19-13-9-6-10-14-19/h5,7-9,11-17H,6,10H2,1-4H3. The van der Waals surface area contributed by atoms with Gasteiger partial charge in [-0.15, -0.1) is 0 Å². The van der Waals surface area contributed by atoms with E-state index in [1.807, 2.05) is 70.2 Å². The van der Waals surface area contributed by atoms with Gasteiger partial charge < -0.3 is 9.31 Å². The van der Waals surface area contributed by atoms with Gasteiger partial charge in [-0.05, 0) is 63.7 Å². The van der Waals surface area contributed by atoms with Crippen molar-refractivity contribution in [1.29, 1.82) is 0 Å². The van der Waals surface area contributed by atoms with E-state index in [1.54, 1.807) is 24.5 Å². The highest BCUT2D eigenvalue weighted by molar-refractivity contribution is 7.94. The Hall–Kier alpha value is -2.68. The highest BCUT2D eigenvalue weighted by Gasteiger charge is 2.52. The molecule has 170 valence electrons. The van der Waals surface area contributed by atoms with Gasteiger partial charge in [0.05, 0.1) is 16.1 Å². The van der Waals surface area contributed by atoms with Crippen molar-refractivity contribution >= 4 is 33.6 Å². The maximum absolute atomic E-state index is 13.6. The van der Waals surface area contributed by atoms with Crippen LogP contribution in [0.1, 0.15) is 40.5 Å². The van der Waals surface area contributed by atoms with Crippen molar-refractivity contribution in [3.05, 3.63) is 71.9 Å². The predicted molar refractivity (Wildman–Crippen MR) is 132 cm³/mol. The molecule has 3 aromatic rings. The molecule has 0 saturated carbocycles. The van der Waals surface area contributed by atoms with E-state index >= 15 is 0 Å². The maximum Gasteiger partial charge on any atom is 0.495 e. The minimum absolute atomic E-state index is 0.285. The normalized spacial score (nSPS) is 19.8. The van der Waals surface area contributed by atoms with E-state index in [2.05, 4.69) is 4.98 Å². The van der Waals surface area contributed by atoms with Crippen LogP contribution in [0.4, 0.5) is 0 Å². The fraction of sp³-hybridized carbons (Fsp3) is 0.320. The monoisotopic (exact) mass is 462 g/mol. The lowest BCUT2D eigenvalue weighted by atomic mass is 9.76. The molecule has 0 N–H and O–H groups in total. The van der Waals surface area contributed by atoms with Crippen molar-refractivity contribution in [2.24, 2.45) is 0 Å². The Morgan fingerprint density at radius 2 is 1.70 bits per heavy atom. The van der Waals surface area contributed by atoms with Gasteiger partial charge in [-0.25, -0.2) is 17.4 Å². The Kier molecular flexibility index (Phi) is 5.16. The summed E-state index contributed by atoms with van der Waals surface area (Å²) in [4.78, 5) is 4.80. The first kappa shape index (κ1) is 22.1. The molecule has 1 saturated heterocycles. The molecule has 3 heterocycles. The fourth-order valence-corrected chi connectivity index (χ4v) is 5.67. The molecule has 2 aliphatic rings. The van der Waals surface area contributed by atoms with E-state index in [0.717, 1.165) is 23.0 Å². The zero-order valence-corrected chi connectivity index (χ0v) is 20.1. The molecule has 1 aliphatic carbocycles. The second-order valence-corrected chi connectivity index (χ2v) is 11.3. The van der Waals surface area contributed by atoms with Crippen LogP contribution < -0.4 is 5.46 Å². The molecule has 0 unspecified atom stereocenters. The molecule has 0 spiro atoms. The molecule has 0 bridgehead atoms. The first-order valence-corrected chi connectivity index (χ1v) is 12.6. The first-order chi connectivity index (χ1) is 15.6. The average Bonchev–Trinajstić information content (AvgIpc) is 3.29. The Balaban J connectivity index is 1.77. The minimum Gasteiger partial charge on any atom is -0.399 e. The molecule has 33 heavy (non-hydrogen) atoms. The summed E-state index contributed by atoms with van der Waals surface area (Å²) in [7, 11) is -4.46. The van der Waals surface area contributed by atoms with E-state index in [0.29, 0.717) is 17.5 Å². The third-order valence-electron chi connectivity index (χ3n) is 6.80. The van der Waals surface area contributed by atoms with Crippen LogP contribution in [0.5, 0.6) is 0 Å². The zero-order chi connectivity index (χ0) is 23.4. The number of aromatic nitrogens is 2. The third kappa shape index (κ3) is 3.57. The van der Waals surface area contributed by atoms with Crippen molar-refractivity contribution in [2.45, 2.75) is 51.7 Å². The van der Waals surface area contributed by atoms with Gasteiger partial charge >= 0.3 is 7.12 Å². The van der Waals surface area contributed by atoms with Crippen LogP contribution in [0.25, 0.3) is 22.2 Å². The molecule has 5 rings (SSSR count). The summed E-state index contributed by atoms with van der Waals surface area (Å²) in [6.45, 7) is 8.00. The molecule has 1 fully saturated rings. The predicted octanol–water partition coefficient (Wildman–Crippen LogP) is 4.41. The molecule has 1 aliphatic heterocycles. The third-order valence-corrected chi connectivity index (χ3v) is 8.49. The number of allylic oxidation sites excluding steroid dienone is 3. The summed E-state index contributed by atoms with van der Waals surface area (Å²) in [6.07, 6.45) is 10.1. The summed E-state index contributed by atoms with van der Waals surface area (Å²) in [5, 5.41) is 0.714. The van der Waals surface area contributed by atoms with E-state index in [-0.39, 0.29) is 4.91 Å². The highest BCUT2D eigenvalue weighted by Crippen LogP contribution is 2.38. The van der Waals surface area contributed by atoms with Crippen molar-refractivity contribution in [3.63, 3.8) is 0 Å². The molecule has 0 atom stereocenters. The van der Waals surface area contributed by atoms with Crippen LogP contribution in [0.15, 0.2) is 71.9 Å². The lowest BCUT2D eigenvalue weighted by Gasteiger charge is -2.32. The van der Waals surface area contributed by atoms with Crippen LogP contribution in [0, 0.1) is 0 Å². The first-order valence-electron chi connectivity index (χ1n) is 11.2. The van der Waals surface area contributed by atoms with Gasteiger partial charge in [0.1, 0.15) is 0 Å². The average molecular weight is 462 g/mol. The SMILES string of the molecule is CC1(C)OB(c2ccnc3c2c(-c2ccccc2)cn3S(=O)(=O)C2=CCCC=C2)OC1(C)C. The van der Waals surface area contributed by atoms with Crippen LogP contribution in [0.2, 0.25) is 0 Å². The number of hydrogen-bond donors (Lipinski definition) is 0. The molecule has 0 amide bonds. The summed E-state index contributed by atoms with van der Waals surface area (Å²) < 4.78 is 41.2. The van der Waals surface area contributed by atoms with Gasteiger partial charge in [0.15, 0.2) is 5.65 Å². The Bertz CT molecular complexity index is 1370. The lowest BCUT2D eigenvalue weighted by Crippen LogP contribution is -2.41. The highest BCUT2D eigenvalue weighted by atomic mass is 32.2. The number of fused-ring (bicyclic) bond motifs is 1. The van der Waals surface area contributed by atoms with Crippen LogP contribution in [0.3, 0.4) is 0 Å². The second-order valence-electron chi connectivity index (χ2n) is 9.48. The Labute approximate surface area is 195 Å². The van der Waals surface area contributed by atoms with Crippen molar-refractivity contribution in [2.75, 3.05) is 0 Å². The van der Waals surface area contributed by atoms with Gasteiger partial charge in [-0.3, -0.25) is 0 Å². The summed E-state index contributed by atoms with van der Waals surface area (Å²) in [6, 6.07) is 11.6. The topological polar surface area (TPSA) is 70.4 Å². The molecule has 1 aromatic carbocycles. The second kappa shape index (κ2) is 7.69. The van der Waals surface area contributed by atoms with Gasteiger partial charge in [0, 0.05) is 23.3 Å². The molecule has 8 heteroatoms. The van der Waals surface area contributed by atoms with E-state index in [1.165, 1.54) is 3.97 Å². The Morgan fingerprint density at radius 3 is 2.33 bits per heavy atom. The number of benzene rings is 1. The quantitative estimate of drug-likeness (QED) is 0.537. The van der Waals surface area contributed by atoms with E-state index < -0.39 is 28.3 Å². The Morgan fingerprint density at radius 1 is 1.00 bits per heavy atom. The molecular formula is C25H27BN2O4S. The summed E-state index contributed by atoms with van der Waals surface area (Å²) in [5.41, 5.74) is 1.75. The largest absolute Gasteiger partial charge is 0.495 e.